The topological polar surface area (TPSA) is 79.0 Å². The standard InChI is InChI=1S/C23H20FN3O4/c1-31-14-7-5-13(6-8-14)27-20(28)18-17-3-2-10-26(17)23(19(18)21(27)29)15-11-12(24)4-9-16(15)25-22(23)30/h4-9,11,17-19H,2-3,10H2,1H3,(H,25,30)/t17-,18+,19+,23+/m0/s1. The second-order valence-electron chi connectivity index (χ2n) is 8.53. The second-order valence-corrected chi connectivity index (χ2v) is 8.53. The lowest BCUT2D eigenvalue weighted by Crippen LogP contribution is -2.54. The van der Waals surface area contributed by atoms with E-state index in [2.05, 4.69) is 5.32 Å². The van der Waals surface area contributed by atoms with Crippen LogP contribution in [-0.4, -0.2) is 42.3 Å². The molecule has 31 heavy (non-hydrogen) atoms. The van der Waals surface area contributed by atoms with Crippen LogP contribution in [0.25, 0.3) is 0 Å². The lowest BCUT2D eigenvalue weighted by Gasteiger charge is -2.36. The van der Waals surface area contributed by atoms with Gasteiger partial charge in [-0.1, -0.05) is 0 Å². The molecule has 8 heteroatoms. The highest BCUT2D eigenvalue weighted by Crippen LogP contribution is 2.60. The molecule has 7 nitrogen and oxygen atoms in total. The summed E-state index contributed by atoms with van der Waals surface area (Å²) in [6.45, 7) is 0.587. The van der Waals surface area contributed by atoms with Gasteiger partial charge in [-0.15, -0.1) is 0 Å². The fourth-order valence-electron chi connectivity index (χ4n) is 6.16. The second kappa shape index (κ2) is 6.13. The van der Waals surface area contributed by atoms with Gasteiger partial charge >= 0.3 is 0 Å². The molecule has 6 rings (SSSR count). The van der Waals surface area contributed by atoms with E-state index in [9.17, 15) is 18.8 Å². The van der Waals surface area contributed by atoms with Crippen LogP contribution in [0.15, 0.2) is 42.5 Å². The molecule has 0 aromatic heterocycles. The van der Waals surface area contributed by atoms with Crippen molar-refractivity contribution >= 4 is 29.1 Å². The van der Waals surface area contributed by atoms with E-state index < -0.39 is 29.1 Å². The van der Waals surface area contributed by atoms with Gasteiger partial charge in [0.15, 0.2) is 0 Å². The average molecular weight is 421 g/mol. The maximum Gasteiger partial charge on any atom is 0.250 e. The van der Waals surface area contributed by atoms with Crippen molar-refractivity contribution in [3.63, 3.8) is 0 Å². The molecule has 0 aliphatic carbocycles. The van der Waals surface area contributed by atoms with E-state index in [1.165, 1.54) is 23.1 Å². The largest absolute Gasteiger partial charge is 0.497 e. The summed E-state index contributed by atoms with van der Waals surface area (Å²) in [7, 11) is 1.54. The van der Waals surface area contributed by atoms with Crippen LogP contribution in [0.4, 0.5) is 15.8 Å². The van der Waals surface area contributed by atoms with Gasteiger partial charge in [0, 0.05) is 17.3 Å². The first-order valence-corrected chi connectivity index (χ1v) is 10.4. The molecule has 158 valence electrons. The van der Waals surface area contributed by atoms with E-state index in [0.29, 0.717) is 29.2 Å². The summed E-state index contributed by atoms with van der Waals surface area (Å²) in [5.41, 5.74) is 0.0373. The Morgan fingerprint density at radius 3 is 2.61 bits per heavy atom. The molecule has 1 spiro atoms. The monoisotopic (exact) mass is 421 g/mol. The number of carbonyl (C=O) groups excluding carboxylic acids is 3. The molecular weight excluding hydrogens is 401 g/mol. The summed E-state index contributed by atoms with van der Waals surface area (Å²) in [5, 5.41) is 2.84. The van der Waals surface area contributed by atoms with Crippen LogP contribution in [0, 0.1) is 17.7 Å². The molecule has 3 saturated heterocycles. The number of imide groups is 1. The van der Waals surface area contributed by atoms with Crippen molar-refractivity contribution in [3.8, 4) is 5.75 Å². The van der Waals surface area contributed by atoms with Crippen LogP contribution in [0.5, 0.6) is 5.75 Å². The van der Waals surface area contributed by atoms with Crippen LogP contribution >= 0.6 is 0 Å². The quantitative estimate of drug-likeness (QED) is 0.753. The van der Waals surface area contributed by atoms with Crippen molar-refractivity contribution < 1.29 is 23.5 Å². The maximum atomic E-state index is 14.3. The van der Waals surface area contributed by atoms with Crippen LogP contribution in [0.2, 0.25) is 0 Å². The van der Waals surface area contributed by atoms with Crippen molar-refractivity contribution in [2.75, 3.05) is 23.9 Å². The zero-order valence-corrected chi connectivity index (χ0v) is 16.8. The molecule has 0 unspecified atom stereocenters. The number of halogens is 1. The Labute approximate surface area is 177 Å². The molecule has 4 heterocycles. The van der Waals surface area contributed by atoms with Crippen molar-refractivity contribution in [1.82, 2.24) is 4.90 Å². The molecule has 4 atom stereocenters. The highest BCUT2D eigenvalue weighted by atomic mass is 19.1. The summed E-state index contributed by atoms with van der Waals surface area (Å²) >= 11 is 0. The van der Waals surface area contributed by atoms with Crippen molar-refractivity contribution in [1.29, 1.82) is 0 Å². The third kappa shape index (κ3) is 2.13. The zero-order chi connectivity index (χ0) is 21.5. The van der Waals surface area contributed by atoms with Gasteiger partial charge in [-0.3, -0.25) is 19.3 Å². The van der Waals surface area contributed by atoms with Crippen molar-refractivity contribution in [3.05, 3.63) is 53.8 Å². The molecular formula is C23H20FN3O4. The average Bonchev–Trinajstić information content (AvgIpc) is 3.47. The number of fused-ring (bicyclic) bond motifs is 7. The minimum atomic E-state index is -1.36. The first kappa shape index (κ1) is 18.5. The molecule has 4 aliphatic rings. The lowest BCUT2D eigenvalue weighted by atomic mass is 9.75. The summed E-state index contributed by atoms with van der Waals surface area (Å²) in [6.07, 6.45) is 1.54. The Morgan fingerprint density at radius 2 is 1.87 bits per heavy atom. The third-order valence-corrected chi connectivity index (χ3v) is 7.29. The van der Waals surface area contributed by atoms with E-state index >= 15 is 0 Å². The zero-order valence-electron chi connectivity index (χ0n) is 16.8. The molecule has 0 saturated carbocycles. The fourth-order valence-corrected chi connectivity index (χ4v) is 6.16. The number of benzene rings is 2. The van der Waals surface area contributed by atoms with Crippen molar-refractivity contribution in [2.45, 2.75) is 24.4 Å². The third-order valence-electron chi connectivity index (χ3n) is 7.29. The number of nitrogens with zero attached hydrogens (tertiary/aromatic N) is 2. The number of amides is 3. The Morgan fingerprint density at radius 1 is 1.10 bits per heavy atom. The van der Waals surface area contributed by atoms with Crippen molar-refractivity contribution in [2.24, 2.45) is 11.8 Å². The van der Waals surface area contributed by atoms with Crippen LogP contribution in [0.3, 0.4) is 0 Å². The van der Waals surface area contributed by atoms with Gasteiger partial charge in [-0.25, -0.2) is 9.29 Å². The van der Waals surface area contributed by atoms with E-state index in [1.807, 2.05) is 4.90 Å². The molecule has 0 radical (unpaired) electrons. The summed E-state index contributed by atoms with van der Waals surface area (Å²) in [5.74, 6) is -2.47. The first-order chi connectivity index (χ1) is 15.0. The Hall–Kier alpha value is -3.26. The predicted octanol–water partition coefficient (Wildman–Crippen LogP) is 2.27. The highest BCUT2D eigenvalue weighted by molar-refractivity contribution is 6.25. The number of carbonyl (C=O) groups is 3. The van der Waals surface area contributed by atoms with Gasteiger partial charge in [-0.05, 0) is 61.9 Å². The fraction of sp³-hybridized carbons (Fsp3) is 0.348. The van der Waals surface area contributed by atoms with Gasteiger partial charge in [0.1, 0.15) is 17.1 Å². The first-order valence-electron chi connectivity index (χ1n) is 10.4. The lowest BCUT2D eigenvalue weighted by molar-refractivity contribution is -0.135. The highest BCUT2D eigenvalue weighted by Gasteiger charge is 2.74. The number of hydrogen-bond acceptors (Lipinski definition) is 5. The Balaban J connectivity index is 1.53. The number of methoxy groups -OCH3 is 1. The molecule has 3 fully saturated rings. The summed E-state index contributed by atoms with van der Waals surface area (Å²) < 4.78 is 19.4. The molecule has 1 N–H and O–H groups in total. The Kier molecular flexibility index (Phi) is 3.66. The Bertz CT molecular complexity index is 1150. The van der Waals surface area contributed by atoms with Crippen LogP contribution < -0.4 is 15.0 Å². The number of rotatable bonds is 2. The van der Waals surface area contributed by atoms with Crippen LogP contribution in [-0.2, 0) is 19.9 Å². The summed E-state index contributed by atoms with van der Waals surface area (Å²) in [4.78, 5) is 43.9. The van der Waals surface area contributed by atoms with Gasteiger partial charge in [0.25, 0.3) is 0 Å². The van der Waals surface area contributed by atoms with Gasteiger partial charge in [0.05, 0.1) is 24.6 Å². The minimum Gasteiger partial charge on any atom is -0.497 e. The SMILES string of the molecule is COc1ccc(N2C(=O)[C@@H]3[C@@H]4CCCN4[C@@]4(C(=O)Nc5ccc(F)cc54)[C@H]3C2=O)cc1. The number of anilines is 2. The molecule has 4 aliphatic heterocycles. The number of hydrogen-bond donors (Lipinski definition) is 1. The summed E-state index contributed by atoms with van der Waals surface area (Å²) in [6, 6.07) is 10.6. The number of nitrogens with one attached hydrogen (secondary N) is 1. The predicted molar refractivity (Wildman–Crippen MR) is 109 cm³/mol. The minimum absolute atomic E-state index is 0.232. The van der Waals surface area contributed by atoms with Gasteiger partial charge in [-0.2, -0.15) is 0 Å². The maximum absolute atomic E-state index is 14.3. The molecule has 0 bridgehead atoms. The molecule has 3 amide bonds. The molecule has 2 aromatic rings. The van der Waals surface area contributed by atoms with Gasteiger partial charge < -0.3 is 10.1 Å². The molecule has 2 aromatic carbocycles. The van der Waals surface area contributed by atoms with E-state index in [4.69, 9.17) is 4.74 Å². The van der Waals surface area contributed by atoms with E-state index in [-0.39, 0.29) is 17.9 Å². The normalized spacial score (nSPS) is 31.2. The van der Waals surface area contributed by atoms with E-state index in [0.717, 1.165) is 12.8 Å². The van der Waals surface area contributed by atoms with Crippen LogP contribution in [0.1, 0.15) is 18.4 Å². The van der Waals surface area contributed by atoms with Gasteiger partial charge in [0.2, 0.25) is 17.7 Å². The van der Waals surface area contributed by atoms with E-state index in [1.54, 1.807) is 31.4 Å². The number of ether oxygens (including phenoxy) is 1. The smallest absolute Gasteiger partial charge is 0.250 e.